The van der Waals surface area contributed by atoms with Gasteiger partial charge in [-0.25, -0.2) is 9.97 Å². The molecular formula is C30H36ClN5O3. The standard InChI is InChI=1S/C30H36ClN5O3/c1-2-18(16-23-20-3-4-21(15-20)25(23)30(38)32-9-12-37)26-24(31)17-33-29-27(26)34-28(35-29)19-5-7-22(8-6-19)36-10-13-39-14-11-36/h3-8,17-18,20-21,23,25,37H,2,9-16H2,1H3,(H,32,38)(H,33,34,35). The summed E-state index contributed by atoms with van der Waals surface area (Å²) in [5.41, 5.74) is 4.75. The Morgan fingerprint density at radius 2 is 2.00 bits per heavy atom. The molecule has 8 nitrogen and oxygen atoms in total. The number of aliphatic hydroxyl groups excluding tert-OH is 1. The van der Waals surface area contributed by atoms with Crippen molar-refractivity contribution in [2.75, 3.05) is 44.4 Å². The molecule has 3 N–H and O–H groups in total. The van der Waals surface area contributed by atoms with Crippen LogP contribution in [0.2, 0.25) is 5.02 Å². The van der Waals surface area contributed by atoms with Crippen molar-refractivity contribution in [3.63, 3.8) is 0 Å². The number of hydrogen-bond donors (Lipinski definition) is 3. The van der Waals surface area contributed by atoms with Crippen LogP contribution in [0.1, 0.15) is 37.7 Å². The highest BCUT2D eigenvalue weighted by atomic mass is 35.5. The van der Waals surface area contributed by atoms with Gasteiger partial charge in [-0.05, 0) is 67.2 Å². The van der Waals surface area contributed by atoms with Gasteiger partial charge in [0.2, 0.25) is 5.91 Å². The van der Waals surface area contributed by atoms with Gasteiger partial charge in [0, 0.05) is 48.6 Å². The first kappa shape index (κ1) is 26.3. The summed E-state index contributed by atoms with van der Waals surface area (Å²) < 4.78 is 5.48. The van der Waals surface area contributed by atoms with Crippen LogP contribution in [0.5, 0.6) is 0 Å². The number of amides is 1. The van der Waals surface area contributed by atoms with E-state index in [-0.39, 0.29) is 36.2 Å². The zero-order valence-corrected chi connectivity index (χ0v) is 23.0. The molecule has 0 spiro atoms. The summed E-state index contributed by atoms with van der Waals surface area (Å²) >= 11 is 6.82. The number of imidazole rings is 1. The number of allylic oxidation sites excluding steroid dienone is 2. The molecule has 6 rings (SSSR count). The Balaban J connectivity index is 1.28. The van der Waals surface area contributed by atoms with Crippen molar-refractivity contribution < 1.29 is 14.6 Å². The maximum atomic E-state index is 13.1. The molecule has 1 saturated carbocycles. The molecular weight excluding hydrogens is 514 g/mol. The molecule has 2 fully saturated rings. The number of pyridine rings is 1. The number of H-pyrrole nitrogens is 1. The van der Waals surface area contributed by atoms with E-state index in [4.69, 9.17) is 21.3 Å². The highest BCUT2D eigenvalue weighted by Gasteiger charge is 2.48. The maximum absolute atomic E-state index is 13.1. The van der Waals surface area contributed by atoms with Crippen LogP contribution in [0.3, 0.4) is 0 Å². The smallest absolute Gasteiger partial charge is 0.224 e. The average Bonchev–Trinajstić information content (AvgIpc) is 3.71. The number of morpholine rings is 1. The molecule has 2 aromatic heterocycles. The highest BCUT2D eigenvalue weighted by molar-refractivity contribution is 6.32. The quantitative estimate of drug-likeness (QED) is 0.338. The van der Waals surface area contributed by atoms with E-state index in [1.165, 1.54) is 5.69 Å². The second-order valence-corrected chi connectivity index (χ2v) is 11.4. The van der Waals surface area contributed by atoms with E-state index in [9.17, 15) is 9.90 Å². The number of rotatable bonds is 9. The molecule has 2 aliphatic carbocycles. The predicted molar refractivity (Wildman–Crippen MR) is 153 cm³/mol. The van der Waals surface area contributed by atoms with Gasteiger partial charge in [0.05, 0.1) is 30.4 Å². The number of halogens is 1. The first-order valence-corrected chi connectivity index (χ1v) is 14.5. The Bertz CT molecular complexity index is 1350. The van der Waals surface area contributed by atoms with E-state index < -0.39 is 0 Å². The molecule has 1 aliphatic heterocycles. The molecule has 1 saturated heterocycles. The minimum Gasteiger partial charge on any atom is -0.395 e. The van der Waals surface area contributed by atoms with Gasteiger partial charge in [-0.2, -0.15) is 0 Å². The van der Waals surface area contributed by atoms with Gasteiger partial charge in [0.25, 0.3) is 0 Å². The van der Waals surface area contributed by atoms with Crippen molar-refractivity contribution >= 4 is 34.4 Å². The predicted octanol–water partition coefficient (Wildman–Crippen LogP) is 4.55. The molecule has 3 heterocycles. The fourth-order valence-electron chi connectivity index (χ4n) is 6.89. The molecule has 3 aliphatic rings. The molecule has 0 radical (unpaired) electrons. The minimum absolute atomic E-state index is 0.0483. The topological polar surface area (TPSA) is 103 Å². The largest absolute Gasteiger partial charge is 0.395 e. The van der Waals surface area contributed by atoms with E-state index >= 15 is 0 Å². The summed E-state index contributed by atoms with van der Waals surface area (Å²) in [6, 6.07) is 8.46. The first-order valence-electron chi connectivity index (χ1n) is 14.1. The number of aromatic amines is 1. The van der Waals surface area contributed by atoms with Gasteiger partial charge in [0.15, 0.2) is 5.65 Å². The third-order valence-electron chi connectivity index (χ3n) is 8.82. The molecule has 9 heteroatoms. The van der Waals surface area contributed by atoms with Crippen molar-refractivity contribution in [3.8, 4) is 11.4 Å². The van der Waals surface area contributed by atoms with Gasteiger partial charge in [-0.15, -0.1) is 0 Å². The lowest BCUT2D eigenvalue weighted by atomic mass is 9.75. The molecule has 1 amide bonds. The third kappa shape index (κ3) is 5.06. The van der Waals surface area contributed by atoms with Crippen LogP contribution in [0.25, 0.3) is 22.6 Å². The number of aromatic nitrogens is 3. The summed E-state index contributed by atoms with van der Waals surface area (Å²) in [6.07, 6.45) is 8.97. The lowest BCUT2D eigenvalue weighted by Gasteiger charge is -2.30. The number of nitrogens with zero attached hydrogens (tertiary/aromatic N) is 3. The zero-order valence-electron chi connectivity index (χ0n) is 22.3. The summed E-state index contributed by atoms with van der Waals surface area (Å²) in [6.45, 7) is 5.73. The van der Waals surface area contributed by atoms with E-state index in [0.29, 0.717) is 23.1 Å². The second-order valence-electron chi connectivity index (χ2n) is 10.9. The fraction of sp³-hybridized carbons (Fsp3) is 0.500. The van der Waals surface area contributed by atoms with Crippen molar-refractivity contribution in [2.45, 2.75) is 32.1 Å². The minimum atomic E-state index is -0.0704. The second kappa shape index (κ2) is 11.3. The number of ether oxygens (including phenoxy) is 1. The molecule has 206 valence electrons. The Kier molecular flexibility index (Phi) is 7.60. The number of carbonyl (C=O) groups is 1. The van der Waals surface area contributed by atoms with Crippen LogP contribution in [0.15, 0.2) is 42.6 Å². The van der Waals surface area contributed by atoms with E-state index in [1.807, 2.05) is 0 Å². The fourth-order valence-corrected chi connectivity index (χ4v) is 7.19. The van der Waals surface area contributed by atoms with E-state index in [2.05, 4.69) is 63.5 Å². The summed E-state index contributed by atoms with van der Waals surface area (Å²) in [7, 11) is 0. The Labute approximate surface area is 233 Å². The van der Waals surface area contributed by atoms with Crippen LogP contribution in [-0.4, -0.2) is 65.4 Å². The van der Waals surface area contributed by atoms with E-state index in [1.54, 1.807) is 6.20 Å². The molecule has 2 bridgehead atoms. The molecule has 1 aromatic carbocycles. The first-order chi connectivity index (χ1) is 19.1. The van der Waals surface area contributed by atoms with Crippen LogP contribution >= 0.6 is 11.6 Å². The summed E-state index contributed by atoms with van der Waals surface area (Å²) in [4.78, 5) is 28.3. The number of aliphatic hydroxyl groups is 1. The summed E-state index contributed by atoms with van der Waals surface area (Å²) in [5.74, 6) is 1.81. The van der Waals surface area contributed by atoms with Crippen molar-refractivity contribution in [2.24, 2.45) is 23.7 Å². The zero-order chi connectivity index (χ0) is 26.9. The number of nitrogens with one attached hydrogen (secondary N) is 2. The van der Waals surface area contributed by atoms with Gasteiger partial charge in [-0.3, -0.25) is 4.79 Å². The Hall–Kier alpha value is -2.94. The normalized spacial score (nSPS) is 24.9. The van der Waals surface area contributed by atoms with Crippen LogP contribution < -0.4 is 10.2 Å². The maximum Gasteiger partial charge on any atom is 0.224 e. The Morgan fingerprint density at radius 1 is 1.23 bits per heavy atom. The van der Waals surface area contributed by atoms with Gasteiger partial charge in [0.1, 0.15) is 5.82 Å². The van der Waals surface area contributed by atoms with Gasteiger partial charge < -0.3 is 25.0 Å². The van der Waals surface area contributed by atoms with Crippen LogP contribution in [-0.2, 0) is 9.53 Å². The lowest BCUT2D eigenvalue weighted by molar-refractivity contribution is -0.127. The molecule has 5 unspecified atom stereocenters. The monoisotopic (exact) mass is 549 g/mol. The Morgan fingerprint density at radius 3 is 2.74 bits per heavy atom. The van der Waals surface area contributed by atoms with Crippen molar-refractivity contribution in [1.82, 2.24) is 20.3 Å². The molecule has 5 atom stereocenters. The number of anilines is 1. The van der Waals surface area contributed by atoms with Crippen LogP contribution in [0.4, 0.5) is 5.69 Å². The highest BCUT2D eigenvalue weighted by Crippen LogP contribution is 2.52. The van der Waals surface area contributed by atoms with Crippen molar-refractivity contribution in [3.05, 3.63) is 53.2 Å². The van der Waals surface area contributed by atoms with Crippen LogP contribution in [0, 0.1) is 23.7 Å². The molecule has 39 heavy (non-hydrogen) atoms. The third-order valence-corrected chi connectivity index (χ3v) is 9.12. The number of fused-ring (bicyclic) bond motifs is 3. The van der Waals surface area contributed by atoms with Gasteiger partial charge >= 0.3 is 0 Å². The van der Waals surface area contributed by atoms with E-state index in [0.717, 1.165) is 68.0 Å². The SMILES string of the molecule is CCC(CC1C2C=CC(C2)C1C(=O)NCCO)c1c(Cl)cnc2nc(-c3ccc(N4CCOCC4)cc3)[nH]c12. The van der Waals surface area contributed by atoms with Gasteiger partial charge in [-0.1, -0.05) is 30.7 Å². The average molecular weight is 550 g/mol. The summed E-state index contributed by atoms with van der Waals surface area (Å²) in [5, 5.41) is 12.8. The number of carbonyl (C=O) groups excluding carboxylic acids is 1. The number of hydrogen-bond acceptors (Lipinski definition) is 6. The lowest BCUT2D eigenvalue weighted by Crippen LogP contribution is -2.39. The number of benzene rings is 1. The molecule has 3 aromatic rings. The van der Waals surface area contributed by atoms with Crippen molar-refractivity contribution in [1.29, 1.82) is 0 Å².